The van der Waals surface area contributed by atoms with Crippen molar-refractivity contribution >= 4 is 75.3 Å². The Balaban J connectivity index is 1.27. The van der Waals surface area contributed by atoms with Crippen molar-refractivity contribution in [3.05, 3.63) is 152 Å². The van der Waals surface area contributed by atoms with E-state index in [4.69, 9.17) is 4.42 Å². The van der Waals surface area contributed by atoms with Crippen molar-refractivity contribution in [1.82, 2.24) is 4.57 Å². The molecule has 7 aromatic carbocycles. The Hall–Kier alpha value is -5.64. The van der Waals surface area contributed by atoms with Gasteiger partial charge in [-0.2, -0.15) is 0 Å². The van der Waals surface area contributed by atoms with Crippen molar-refractivity contribution in [2.75, 3.05) is 0 Å². The molecule has 10 aromatic rings. The maximum Gasteiger partial charge on any atom is 0.143 e. The van der Waals surface area contributed by atoms with E-state index in [1.165, 1.54) is 53.1 Å². The van der Waals surface area contributed by atoms with E-state index >= 15 is 0 Å². The second kappa shape index (κ2) is 9.43. The highest BCUT2D eigenvalue weighted by molar-refractivity contribution is 7.25. The summed E-state index contributed by atoms with van der Waals surface area (Å²) in [7, 11) is 0. The fourth-order valence-corrected chi connectivity index (χ4v) is 8.24. The molecule has 210 valence electrons. The van der Waals surface area contributed by atoms with Gasteiger partial charge < -0.3 is 8.98 Å². The summed E-state index contributed by atoms with van der Waals surface area (Å²) in [5.41, 5.74) is 10.1. The summed E-state index contributed by atoms with van der Waals surface area (Å²) in [6.45, 7) is 0. The van der Waals surface area contributed by atoms with Crippen molar-refractivity contribution in [1.29, 1.82) is 0 Å². The molecule has 0 fully saturated rings. The second-order valence-electron chi connectivity index (χ2n) is 11.7. The first kappa shape index (κ1) is 24.8. The molecule has 3 aromatic heterocycles. The molecule has 0 aliphatic heterocycles. The van der Waals surface area contributed by atoms with E-state index in [2.05, 4.69) is 150 Å². The second-order valence-corrected chi connectivity index (χ2v) is 12.8. The maximum atomic E-state index is 6.54. The van der Waals surface area contributed by atoms with Gasteiger partial charge in [-0.3, -0.25) is 0 Å². The molecule has 0 atom stereocenters. The van der Waals surface area contributed by atoms with Crippen LogP contribution in [0.5, 0.6) is 0 Å². The predicted octanol–water partition coefficient (Wildman–Crippen LogP) is 12.4. The molecule has 2 nitrogen and oxygen atoms in total. The van der Waals surface area contributed by atoms with Crippen LogP contribution in [0.15, 0.2) is 156 Å². The van der Waals surface area contributed by atoms with Gasteiger partial charge >= 0.3 is 0 Å². The number of para-hydroxylation sites is 4. The predicted molar refractivity (Wildman–Crippen MR) is 192 cm³/mol. The number of fused-ring (bicyclic) bond motifs is 9. The van der Waals surface area contributed by atoms with Crippen LogP contribution >= 0.6 is 11.3 Å². The standard InChI is InChI=1S/C42H25NOS/c1-2-10-26(11-3-1)27-20-22-39-35(24-27)36-25-28(21-23-40(36)45-39)43-37-18-6-4-12-29(37)31-14-8-15-32(41(31)43)34-17-9-16-33-30-13-5-7-19-38(30)44-42(33)34/h1-25H. The summed E-state index contributed by atoms with van der Waals surface area (Å²) in [5, 5.41) is 7.35. The molecule has 45 heavy (non-hydrogen) atoms. The smallest absolute Gasteiger partial charge is 0.143 e. The number of hydrogen-bond donors (Lipinski definition) is 0. The minimum absolute atomic E-state index is 0.914. The van der Waals surface area contributed by atoms with Gasteiger partial charge in [0.1, 0.15) is 11.2 Å². The van der Waals surface area contributed by atoms with Gasteiger partial charge in [-0.1, -0.05) is 109 Å². The van der Waals surface area contributed by atoms with Gasteiger partial charge in [0.25, 0.3) is 0 Å². The molecule has 3 heteroatoms. The molecule has 0 bridgehead atoms. The van der Waals surface area contributed by atoms with Crippen molar-refractivity contribution in [2.24, 2.45) is 0 Å². The number of hydrogen-bond acceptors (Lipinski definition) is 2. The first-order chi connectivity index (χ1) is 22.3. The Morgan fingerprint density at radius 3 is 2.02 bits per heavy atom. The molecule has 0 amide bonds. The largest absolute Gasteiger partial charge is 0.455 e. The average Bonchev–Trinajstić information content (AvgIpc) is 3.77. The zero-order valence-corrected chi connectivity index (χ0v) is 25.0. The normalized spacial score (nSPS) is 12.0. The fraction of sp³-hybridized carbons (Fsp3) is 0. The number of nitrogens with zero attached hydrogens (tertiary/aromatic N) is 1. The van der Waals surface area contributed by atoms with Crippen molar-refractivity contribution < 1.29 is 4.42 Å². The van der Waals surface area contributed by atoms with Crippen molar-refractivity contribution in [3.8, 4) is 27.9 Å². The van der Waals surface area contributed by atoms with Crippen molar-refractivity contribution in [3.63, 3.8) is 0 Å². The van der Waals surface area contributed by atoms with Gasteiger partial charge in [-0.05, 0) is 53.6 Å². The summed E-state index contributed by atoms with van der Waals surface area (Å²) < 4.78 is 11.6. The molecule has 0 aliphatic rings. The van der Waals surface area contributed by atoms with Crippen LogP contribution in [0.1, 0.15) is 0 Å². The monoisotopic (exact) mass is 591 g/mol. The van der Waals surface area contributed by atoms with E-state index in [0.717, 1.165) is 38.8 Å². The third kappa shape index (κ3) is 3.62. The van der Waals surface area contributed by atoms with Crippen LogP contribution in [0, 0.1) is 0 Å². The number of thiophene rings is 1. The molecule has 3 heterocycles. The van der Waals surface area contributed by atoms with Gasteiger partial charge in [-0.25, -0.2) is 0 Å². The first-order valence-corrected chi connectivity index (χ1v) is 16.1. The molecule has 10 rings (SSSR count). The van der Waals surface area contributed by atoms with E-state index < -0.39 is 0 Å². The van der Waals surface area contributed by atoms with Crippen LogP contribution in [0.25, 0.3) is 91.9 Å². The summed E-state index contributed by atoms with van der Waals surface area (Å²) in [6.07, 6.45) is 0. The summed E-state index contributed by atoms with van der Waals surface area (Å²) in [5.74, 6) is 0. The van der Waals surface area contributed by atoms with Gasteiger partial charge in [-0.15, -0.1) is 11.3 Å². The number of aromatic nitrogens is 1. The lowest BCUT2D eigenvalue weighted by Gasteiger charge is -2.12. The molecule has 0 N–H and O–H groups in total. The summed E-state index contributed by atoms with van der Waals surface area (Å²) in [6, 6.07) is 54.7. The average molecular weight is 592 g/mol. The Bertz CT molecular complexity index is 2760. The Kier molecular flexibility index (Phi) is 5.19. The fourth-order valence-electron chi connectivity index (χ4n) is 7.18. The van der Waals surface area contributed by atoms with Gasteiger partial charge in [0.2, 0.25) is 0 Å². The van der Waals surface area contributed by atoms with Gasteiger partial charge in [0.05, 0.1) is 11.0 Å². The third-order valence-corrected chi connectivity index (χ3v) is 10.4. The van der Waals surface area contributed by atoms with E-state index in [-0.39, 0.29) is 0 Å². The molecular formula is C42H25NOS. The van der Waals surface area contributed by atoms with E-state index in [1.807, 2.05) is 17.4 Å². The number of rotatable bonds is 3. The zero-order chi connectivity index (χ0) is 29.5. The topological polar surface area (TPSA) is 18.1 Å². The molecule has 0 saturated carbocycles. The molecule has 0 saturated heterocycles. The molecular weight excluding hydrogens is 567 g/mol. The molecule has 0 radical (unpaired) electrons. The lowest BCUT2D eigenvalue weighted by molar-refractivity contribution is 0.670. The molecule has 0 spiro atoms. The highest BCUT2D eigenvalue weighted by atomic mass is 32.1. The number of benzene rings is 7. The van der Waals surface area contributed by atoms with Gasteiger partial charge in [0.15, 0.2) is 0 Å². The minimum atomic E-state index is 0.914. The Morgan fingerprint density at radius 1 is 0.444 bits per heavy atom. The van der Waals surface area contributed by atoms with Crippen LogP contribution in [0.3, 0.4) is 0 Å². The Labute approximate surface area is 263 Å². The summed E-state index contributed by atoms with van der Waals surface area (Å²) in [4.78, 5) is 0. The molecule has 0 aliphatic carbocycles. The molecule has 0 unspecified atom stereocenters. The Morgan fingerprint density at radius 2 is 1.13 bits per heavy atom. The van der Waals surface area contributed by atoms with Crippen LogP contribution in [0.4, 0.5) is 0 Å². The number of furan rings is 1. The van der Waals surface area contributed by atoms with Gasteiger partial charge in [0, 0.05) is 58.5 Å². The SMILES string of the molecule is c1ccc(-c2ccc3sc4ccc(-n5c6ccccc6c6cccc(-c7cccc8c7oc7ccccc78)c65)cc4c3c2)cc1. The van der Waals surface area contributed by atoms with Crippen LogP contribution in [-0.2, 0) is 0 Å². The van der Waals surface area contributed by atoms with Crippen LogP contribution in [-0.4, -0.2) is 4.57 Å². The lowest BCUT2D eigenvalue weighted by atomic mass is 9.99. The van der Waals surface area contributed by atoms with E-state index in [1.54, 1.807) is 0 Å². The first-order valence-electron chi connectivity index (χ1n) is 15.3. The quantitative estimate of drug-likeness (QED) is 0.200. The third-order valence-electron chi connectivity index (χ3n) is 9.21. The highest BCUT2D eigenvalue weighted by Gasteiger charge is 2.20. The lowest BCUT2D eigenvalue weighted by Crippen LogP contribution is -1.95. The minimum Gasteiger partial charge on any atom is -0.455 e. The highest BCUT2D eigenvalue weighted by Crippen LogP contribution is 2.43. The zero-order valence-electron chi connectivity index (χ0n) is 24.2. The van der Waals surface area contributed by atoms with Crippen LogP contribution in [0.2, 0.25) is 0 Å². The van der Waals surface area contributed by atoms with E-state index in [0.29, 0.717) is 0 Å². The summed E-state index contributed by atoms with van der Waals surface area (Å²) >= 11 is 1.86. The van der Waals surface area contributed by atoms with Crippen LogP contribution < -0.4 is 0 Å². The van der Waals surface area contributed by atoms with E-state index in [9.17, 15) is 0 Å². The maximum absolute atomic E-state index is 6.54. The van der Waals surface area contributed by atoms with Crippen molar-refractivity contribution in [2.45, 2.75) is 0 Å².